The topological polar surface area (TPSA) is 63.8 Å². The highest BCUT2D eigenvalue weighted by Crippen LogP contribution is 2.29. The summed E-state index contributed by atoms with van der Waals surface area (Å²) in [4.78, 5) is 8.08. The highest BCUT2D eigenvalue weighted by Gasteiger charge is 2.05. The summed E-state index contributed by atoms with van der Waals surface area (Å²) in [5.41, 5.74) is 7.42. The van der Waals surface area contributed by atoms with Crippen LogP contribution in [0, 0.1) is 6.92 Å². The molecule has 6 heteroatoms. The average molecular weight is 358 g/mol. The fourth-order valence-corrected chi connectivity index (χ4v) is 2.01. The smallest absolute Gasteiger partial charge is 0.221 e. The van der Waals surface area contributed by atoms with E-state index in [0.717, 1.165) is 20.2 Å². The van der Waals surface area contributed by atoms with Crippen LogP contribution < -0.4 is 11.1 Å². The van der Waals surface area contributed by atoms with E-state index in [9.17, 15) is 0 Å². The van der Waals surface area contributed by atoms with Gasteiger partial charge in [-0.25, -0.2) is 4.98 Å². The molecule has 88 valence electrons. The van der Waals surface area contributed by atoms with Gasteiger partial charge in [0.25, 0.3) is 0 Å². The number of nitrogens with one attached hydrogen (secondary N) is 1. The van der Waals surface area contributed by atoms with Crippen molar-refractivity contribution in [3.63, 3.8) is 0 Å². The number of benzene rings is 1. The minimum atomic E-state index is 0.254. The van der Waals surface area contributed by atoms with Crippen molar-refractivity contribution >= 4 is 49.3 Å². The van der Waals surface area contributed by atoms with Crippen molar-refractivity contribution in [1.29, 1.82) is 0 Å². The predicted octanol–water partition coefficient (Wildman–Crippen LogP) is 3.64. The third-order valence-corrected chi connectivity index (χ3v) is 3.36. The molecule has 2 aromatic rings. The molecule has 0 fully saturated rings. The molecule has 0 saturated carbocycles. The largest absolute Gasteiger partial charge is 0.368 e. The molecule has 2 rings (SSSR count). The van der Waals surface area contributed by atoms with Crippen LogP contribution in [0.4, 0.5) is 17.5 Å². The second-order valence-corrected chi connectivity index (χ2v) is 5.28. The number of hydrogen-bond acceptors (Lipinski definition) is 4. The van der Waals surface area contributed by atoms with Gasteiger partial charge in [-0.15, -0.1) is 0 Å². The highest BCUT2D eigenvalue weighted by molar-refractivity contribution is 9.11. The number of halogens is 2. The first-order chi connectivity index (χ1) is 8.06. The summed E-state index contributed by atoms with van der Waals surface area (Å²) in [6.07, 6.45) is 1.69. The Hall–Kier alpha value is -1.14. The average Bonchev–Trinajstić information content (AvgIpc) is 2.28. The van der Waals surface area contributed by atoms with Crippen molar-refractivity contribution in [3.8, 4) is 0 Å². The number of aromatic nitrogens is 2. The van der Waals surface area contributed by atoms with Crippen LogP contribution in [0.3, 0.4) is 0 Å². The highest BCUT2D eigenvalue weighted by atomic mass is 79.9. The van der Waals surface area contributed by atoms with Crippen molar-refractivity contribution in [2.75, 3.05) is 11.1 Å². The first-order valence-electron chi connectivity index (χ1n) is 4.87. The van der Waals surface area contributed by atoms with Crippen LogP contribution in [-0.4, -0.2) is 9.97 Å². The van der Waals surface area contributed by atoms with E-state index in [1.165, 1.54) is 0 Å². The van der Waals surface area contributed by atoms with Gasteiger partial charge in [0.15, 0.2) is 0 Å². The maximum atomic E-state index is 5.57. The molecule has 0 aliphatic carbocycles. The van der Waals surface area contributed by atoms with E-state index in [2.05, 4.69) is 47.1 Å². The van der Waals surface area contributed by atoms with Crippen LogP contribution in [0.1, 0.15) is 5.56 Å². The molecule has 0 aliphatic heterocycles. The lowest BCUT2D eigenvalue weighted by Crippen LogP contribution is -2.02. The molecule has 4 nitrogen and oxygen atoms in total. The molecule has 0 atom stereocenters. The van der Waals surface area contributed by atoms with E-state index in [1.54, 1.807) is 6.20 Å². The second kappa shape index (κ2) is 5.01. The molecule has 0 bridgehead atoms. The van der Waals surface area contributed by atoms with Crippen molar-refractivity contribution in [3.05, 3.63) is 38.9 Å². The van der Waals surface area contributed by atoms with Crippen LogP contribution in [0.25, 0.3) is 0 Å². The number of aryl methyl sites for hydroxylation is 1. The molecule has 0 spiro atoms. The molecule has 3 N–H and O–H groups in total. The lowest BCUT2D eigenvalue weighted by molar-refractivity contribution is 1.15. The van der Waals surface area contributed by atoms with Gasteiger partial charge in [0.1, 0.15) is 5.82 Å². The van der Waals surface area contributed by atoms with Crippen LogP contribution in [0.2, 0.25) is 0 Å². The van der Waals surface area contributed by atoms with Crippen LogP contribution in [0.5, 0.6) is 0 Å². The SMILES string of the molecule is Cc1cnc(N)nc1Nc1cc(Br)ccc1Br. The summed E-state index contributed by atoms with van der Waals surface area (Å²) in [5.74, 6) is 0.959. The van der Waals surface area contributed by atoms with Gasteiger partial charge in [-0.2, -0.15) is 4.98 Å². The van der Waals surface area contributed by atoms with Gasteiger partial charge in [-0.05, 0) is 41.1 Å². The molecule has 0 unspecified atom stereocenters. The number of nitrogen functional groups attached to an aromatic ring is 1. The van der Waals surface area contributed by atoms with Gasteiger partial charge < -0.3 is 11.1 Å². The first kappa shape index (κ1) is 12.3. The van der Waals surface area contributed by atoms with E-state index < -0.39 is 0 Å². The molecule has 1 aromatic carbocycles. The number of hydrogen-bond donors (Lipinski definition) is 2. The molecular weight excluding hydrogens is 348 g/mol. The van der Waals surface area contributed by atoms with E-state index in [0.29, 0.717) is 5.82 Å². The van der Waals surface area contributed by atoms with E-state index in [4.69, 9.17) is 5.73 Å². The van der Waals surface area contributed by atoms with Crippen LogP contribution in [0.15, 0.2) is 33.3 Å². The Kier molecular flexibility index (Phi) is 3.63. The maximum Gasteiger partial charge on any atom is 0.221 e. The standard InChI is InChI=1S/C11H10Br2N4/c1-6-5-15-11(14)17-10(6)16-9-4-7(12)2-3-8(9)13/h2-5H,1H3,(H3,14,15,16,17). The summed E-state index contributed by atoms with van der Waals surface area (Å²) in [6.45, 7) is 1.92. The number of anilines is 3. The number of nitrogens with two attached hydrogens (primary N) is 1. The zero-order valence-electron chi connectivity index (χ0n) is 9.04. The molecule has 1 heterocycles. The van der Waals surface area contributed by atoms with Crippen LogP contribution >= 0.6 is 31.9 Å². The first-order valence-corrected chi connectivity index (χ1v) is 6.46. The van der Waals surface area contributed by atoms with E-state index in [1.807, 2.05) is 25.1 Å². The van der Waals surface area contributed by atoms with Gasteiger partial charge in [0, 0.05) is 20.7 Å². The quantitative estimate of drug-likeness (QED) is 0.861. The van der Waals surface area contributed by atoms with Crippen molar-refractivity contribution in [2.45, 2.75) is 6.92 Å². The van der Waals surface area contributed by atoms with Crippen molar-refractivity contribution < 1.29 is 0 Å². The summed E-state index contributed by atoms with van der Waals surface area (Å²) in [7, 11) is 0. The van der Waals surface area contributed by atoms with Gasteiger partial charge in [0.05, 0.1) is 5.69 Å². The summed E-state index contributed by atoms with van der Waals surface area (Å²) in [5, 5.41) is 3.21. The van der Waals surface area contributed by atoms with E-state index in [-0.39, 0.29) is 5.95 Å². The minimum Gasteiger partial charge on any atom is -0.368 e. The second-order valence-electron chi connectivity index (χ2n) is 3.51. The predicted molar refractivity (Wildman–Crippen MR) is 76.3 cm³/mol. The molecule has 17 heavy (non-hydrogen) atoms. The third kappa shape index (κ3) is 2.95. The van der Waals surface area contributed by atoms with Crippen LogP contribution in [-0.2, 0) is 0 Å². The normalized spacial score (nSPS) is 10.3. The molecular formula is C11H10Br2N4. The van der Waals surface area contributed by atoms with Gasteiger partial charge >= 0.3 is 0 Å². The Morgan fingerprint density at radius 1 is 1.29 bits per heavy atom. The lowest BCUT2D eigenvalue weighted by Gasteiger charge is -2.10. The molecule has 0 saturated heterocycles. The van der Waals surface area contributed by atoms with Gasteiger partial charge in [-0.1, -0.05) is 15.9 Å². The van der Waals surface area contributed by atoms with Crippen molar-refractivity contribution in [1.82, 2.24) is 9.97 Å². The zero-order chi connectivity index (χ0) is 12.4. The fraction of sp³-hybridized carbons (Fsp3) is 0.0909. The van der Waals surface area contributed by atoms with Gasteiger partial charge in [-0.3, -0.25) is 0 Å². The Morgan fingerprint density at radius 3 is 2.82 bits per heavy atom. The summed E-state index contributed by atoms with van der Waals surface area (Å²) in [6, 6.07) is 5.87. The van der Waals surface area contributed by atoms with E-state index >= 15 is 0 Å². The molecule has 1 aromatic heterocycles. The Bertz CT molecular complexity index is 508. The van der Waals surface area contributed by atoms with Gasteiger partial charge in [0.2, 0.25) is 5.95 Å². The molecule has 0 amide bonds. The lowest BCUT2D eigenvalue weighted by atomic mass is 10.3. The Balaban J connectivity index is 2.37. The Morgan fingerprint density at radius 2 is 2.06 bits per heavy atom. The molecule has 0 radical (unpaired) electrons. The minimum absolute atomic E-state index is 0.254. The third-order valence-electron chi connectivity index (χ3n) is 2.17. The zero-order valence-corrected chi connectivity index (χ0v) is 12.2. The Labute approximate surface area is 116 Å². The monoisotopic (exact) mass is 356 g/mol. The maximum absolute atomic E-state index is 5.57. The number of nitrogens with zero attached hydrogens (tertiary/aromatic N) is 2. The number of rotatable bonds is 2. The summed E-state index contributed by atoms with van der Waals surface area (Å²) >= 11 is 6.90. The summed E-state index contributed by atoms with van der Waals surface area (Å²) < 4.78 is 1.94. The fourth-order valence-electron chi connectivity index (χ4n) is 1.30. The molecule has 0 aliphatic rings. The van der Waals surface area contributed by atoms with Crippen molar-refractivity contribution in [2.24, 2.45) is 0 Å².